The summed E-state index contributed by atoms with van der Waals surface area (Å²) in [5, 5.41) is 7.53. The molecule has 2 rings (SSSR count). The van der Waals surface area contributed by atoms with E-state index in [2.05, 4.69) is 22.2 Å². The predicted molar refractivity (Wildman–Crippen MR) is 89.3 cm³/mol. The van der Waals surface area contributed by atoms with Gasteiger partial charge in [-0.15, -0.1) is 24.8 Å². The summed E-state index contributed by atoms with van der Waals surface area (Å²) in [4.78, 5) is 14.7. The van der Waals surface area contributed by atoms with Gasteiger partial charge in [0.15, 0.2) is 0 Å². The second kappa shape index (κ2) is 10.0. The first-order valence-corrected chi connectivity index (χ1v) is 7.24. The highest BCUT2D eigenvalue weighted by Crippen LogP contribution is 2.17. The monoisotopic (exact) mass is 336 g/mol. The van der Waals surface area contributed by atoms with Gasteiger partial charge in [-0.25, -0.2) is 0 Å². The number of carbonyl (C=O) groups excluding carboxylic acids is 1. The van der Waals surface area contributed by atoms with Crippen LogP contribution in [-0.4, -0.2) is 46.3 Å². The van der Waals surface area contributed by atoms with E-state index in [1.807, 2.05) is 19.2 Å². The van der Waals surface area contributed by atoms with Crippen LogP contribution in [0.3, 0.4) is 0 Å². The number of hydrogen-bond acceptors (Lipinski definition) is 3. The summed E-state index contributed by atoms with van der Waals surface area (Å²) in [6.45, 7) is 6.91. The Morgan fingerprint density at radius 1 is 1.43 bits per heavy atom. The van der Waals surface area contributed by atoms with Crippen LogP contribution >= 0.6 is 24.8 Å². The van der Waals surface area contributed by atoms with E-state index in [0.29, 0.717) is 6.04 Å². The minimum Gasteiger partial charge on any atom is -0.338 e. The number of hydrogen-bond donors (Lipinski definition) is 1. The van der Waals surface area contributed by atoms with Crippen molar-refractivity contribution in [1.82, 2.24) is 20.0 Å². The van der Waals surface area contributed by atoms with Crippen molar-refractivity contribution in [2.24, 2.45) is 0 Å². The third-order valence-electron chi connectivity index (χ3n) is 3.78. The van der Waals surface area contributed by atoms with E-state index in [-0.39, 0.29) is 36.8 Å². The molecule has 0 aromatic carbocycles. The standard InChI is InChI=1S/C14H24N4O.2ClH/c1-3-10-17(13-5-8-15-9-6-13)14(19)12(2)18-11-4-7-16-18;;/h4,7,11-13,15H,3,5-6,8-10H2,1-2H3;2*1H. The van der Waals surface area contributed by atoms with Gasteiger partial charge in [-0.05, 0) is 45.3 Å². The lowest BCUT2D eigenvalue weighted by Crippen LogP contribution is -2.48. The Hall–Kier alpha value is -0.780. The van der Waals surface area contributed by atoms with Crippen LogP contribution in [0.1, 0.15) is 39.2 Å². The van der Waals surface area contributed by atoms with Crippen LogP contribution in [0.2, 0.25) is 0 Å². The van der Waals surface area contributed by atoms with Crippen LogP contribution in [0, 0.1) is 0 Å². The molecule has 5 nitrogen and oxygen atoms in total. The number of piperidine rings is 1. The summed E-state index contributed by atoms with van der Waals surface area (Å²) < 4.78 is 1.74. The molecule has 0 spiro atoms. The number of halogens is 2. The molecule has 2 heterocycles. The molecule has 0 saturated carbocycles. The third kappa shape index (κ3) is 5.16. The largest absolute Gasteiger partial charge is 0.338 e. The van der Waals surface area contributed by atoms with Crippen LogP contribution in [-0.2, 0) is 4.79 Å². The molecular weight excluding hydrogens is 311 g/mol. The van der Waals surface area contributed by atoms with Gasteiger partial charge in [0.1, 0.15) is 6.04 Å². The molecule has 0 aliphatic carbocycles. The number of aromatic nitrogens is 2. The second-order valence-corrected chi connectivity index (χ2v) is 5.17. The van der Waals surface area contributed by atoms with Gasteiger partial charge in [-0.3, -0.25) is 9.48 Å². The maximum Gasteiger partial charge on any atom is 0.247 e. The van der Waals surface area contributed by atoms with Crippen molar-refractivity contribution in [3.8, 4) is 0 Å². The number of amides is 1. The number of rotatable bonds is 5. The van der Waals surface area contributed by atoms with Gasteiger partial charge >= 0.3 is 0 Å². The minimum atomic E-state index is -0.212. The zero-order valence-electron chi connectivity index (χ0n) is 12.7. The number of nitrogens with one attached hydrogen (secondary N) is 1. The topological polar surface area (TPSA) is 50.2 Å². The van der Waals surface area contributed by atoms with Crippen molar-refractivity contribution >= 4 is 30.7 Å². The van der Waals surface area contributed by atoms with Gasteiger partial charge in [-0.2, -0.15) is 5.10 Å². The quantitative estimate of drug-likeness (QED) is 0.897. The molecule has 1 unspecified atom stereocenters. The van der Waals surface area contributed by atoms with Gasteiger partial charge in [0, 0.05) is 25.0 Å². The molecule has 1 aliphatic rings. The summed E-state index contributed by atoms with van der Waals surface area (Å²) in [5.74, 6) is 0.192. The van der Waals surface area contributed by atoms with Crippen molar-refractivity contribution in [2.75, 3.05) is 19.6 Å². The Morgan fingerprint density at radius 2 is 2.10 bits per heavy atom. The molecule has 0 radical (unpaired) electrons. The van der Waals surface area contributed by atoms with E-state index in [0.717, 1.165) is 38.9 Å². The zero-order chi connectivity index (χ0) is 13.7. The molecule has 1 aliphatic heterocycles. The smallest absolute Gasteiger partial charge is 0.247 e. The van der Waals surface area contributed by atoms with Gasteiger partial charge in [-0.1, -0.05) is 6.92 Å². The van der Waals surface area contributed by atoms with E-state index >= 15 is 0 Å². The molecule has 1 saturated heterocycles. The lowest BCUT2D eigenvalue weighted by Gasteiger charge is -2.36. The SMILES string of the molecule is CCCN(C(=O)C(C)n1cccn1)C1CCNCC1.Cl.Cl. The fourth-order valence-corrected chi connectivity index (χ4v) is 2.69. The Balaban J connectivity index is 0.00000200. The van der Waals surface area contributed by atoms with Gasteiger partial charge < -0.3 is 10.2 Å². The van der Waals surface area contributed by atoms with Gasteiger partial charge in [0.05, 0.1) is 0 Å². The molecular formula is C14H26Cl2N4O. The summed E-state index contributed by atoms with van der Waals surface area (Å²) >= 11 is 0. The predicted octanol–water partition coefficient (Wildman–Crippen LogP) is 2.28. The molecule has 1 N–H and O–H groups in total. The molecule has 1 amide bonds. The molecule has 1 atom stereocenters. The lowest BCUT2D eigenvalue weighted by molar-refractivity contribution is -0.137. The van der Waals surface area contributed by atoms with E-state index in [1.54, 1.807) is 10.9 Å². The van der Waals surface area contributed by atoms with Gasteiger partial charge in [0.2, 0.25) is 5.91 Å². The van der Waals surface area contributed by atoms with Crippen LogP contribution < -0.4 is 5.32 Å². The second-order valence-electron chi connectivity index (χ2n) is 5.17. The Labute approximate surface area is 139 Å². The highest BCUT2D eigenvalue weighted by molar-refractivity contribution is 5.85. The first-order chi connectivity index (χ1) is 9.24. The van der Waals surface area contributed by atoms with Crippen molar-refractivity contribution < 1.29 is 4.79 Å². The maximum absolute atomic E-state index is 12.7. The Bertz CT molecular complexity index is 394. The molecule has 21 heavy (non-hydrogen) atoms. The lowest BCUT2D eigenvalue weighted by atomic mass is 10.0. The maximum atomic E-state index is 12.7. The van der Waals surface area contributed by atoms with Crippen LogP contribution in [0.15, 0.2) is 18.5 Å². The number of nitrogens with zero attached hydrogens (tertiary/aromatic N) is 3. The van der Waals surface area contributed by atoms with Crippen molar-refractivity contribution in [1.29, 1.82) is 0 Å². The molecule has 7 heteroatoms. The summed E-state index contributed by atoms with van der Waals surface area (Å²) in [7, 11) is 0. The van der Waals surface area contributed by atoms with Crippen LogP contribution in [0.4, 0.5) is 0 Å². The Kier molecular flexibility index (Phi) is 9.66. The van der Waals surface area contributed by atoms with Crippen molar-refractivity contribution in [3.05, 3.63) is 18.5 Å². The minimum absolute atomic E-state index is 0. The average molecular weight is 337 g/mol. The molecule has 1 fully saturated rings. The normalized spacial score (nSPS) is 16.5. The van der Waals surface area contributed by atoms with E-state index in [9.17, 15) is 4.79 Å². The fraction of sp³-hybridized carbons (Fsp3) is 0.714. The zero-order valence-corrected chi connectivity index (χ0v) is 14.3. The molecule has 1 aromatic heterocycles. The van der Waals surface area contributed by atoms with E-state index < -0.39 is 0 Å². The van der Waals surface area contributed by atoms with Gasteiger partial charge in [0.25, 0.3) is 0 Å². The summed E-state index contributed by atoms with van der Waals surface area (Å²) in [6, 6.07) is 2.03. The summed E-state index contributed by atoms with van der Waals surface area (Å²) in [5.41, 5.74) is 0. The molecule has 122 valence electrons. The Morgan fingerprint density at radius 3 is 2.62 bits per heavy atom. The first kappa shape index (κ1) is 20.2. The van der Waals surface area contributed by atoms with Crippen molar-refractivity contribution in [3.63, 3.8) is 0 Å². The summed E-state index contributed by atoms with van der Waals surface area (Å²) in [6.07, 6.45) is 6.68. The first-order valence-electron chi connectivity index (χ1n) is 7.24. The molecule has 1 aromatic rings. The van der Waals surface area contributed by atoms with Crippen LogP contribution in [0.5, 0.6) is 0 Å². The third-order valence-corrected chi connectivity index (χ3v) is 3.78. The highest BCUT2D eigenvalue weighted by atomic mass is 35.5. The van der Waals surface area contributed by atoms with Crippen LogP contribution in [0.25, 0.3) is 0 Å². The molecule has 0 bridgehead atoms. The number of carbonyl (C=O) groups is 1. The fourth-order valence-electron chi connectivity index (χ4n) is 2.69. The van der Waals surface area contributed by atoms with Crippen molar-refractivity contribution in [2.45, 2.75) is 45.2 Å². The van der Waals surface area contributed by atoms with E-state index in [1.165, 1.54) is 0 Å². The highest BCUT2D eigenvalue weighted by Gasteiger charge is 2.28. The van der Waals surface area contributed by atoms with E-state index in [4.69, 9.17) is 0 Å². The average Bonchev–Trinajstić information content (AvgIpc) is 2.98.